The number of sulfonamides is 2. The number of anilines is 1. The molecule has 0 atom stereocenters. The van der Waals surface area contributed by atoms with Gasteiger partial charge in [0.25, 0.3) is 10.0 Å². The maximum absolute atomic E-state index is 12.2. The molecular weight excluding hydrogens is 338 g/mol. The average Bonchev–Trinajstić information content (AvgIpc) is 2.37. The molecule has 1 aromatic carbocycles. The fourth-order valence-electron chi connectivity index (χ4n) is 1.52. The summed E-state index contributed by atoms with van der Waals surface area (Å²) in [6.45, 7) is 0. The van der Waals surface area contributed by atoms with Crippen LogP contribution in [-0.2, 0) is 20.0 Å². The van der Waals surface area contributed by atoms with Crippen LogP contribution in [0.1, 0.15) is 0 Å². The fraction of sp³-hybridized carbons (Fsp3) is 0. The summed E-state index contributed by atoms with van der Waals surface area (Å²) in [5.74, 6) is 0. The van der Waals surface area contributed by atoms with Crippen LogP contribution >= 0.6 is 11.6 Å². The number of benzene rings is 1. The van der Waals surface area contributed by atoms with Crippen LogP contribution in [0, 0.1) is 0 Å². The SMILES string of the molecule is NS(=O)(=O)c1cccc(NS(=O)(=O)c2cccnc2Cl)c1. The van der Waals surface area contributed by atoms with Gasteiger partial charge in [-0.25, -0.2) is 27.0 Å². The molecular formula is C11H10ClN3O4S2. The third kappa shape index (κ3) is 3.70. The van der Waals surface area contributed by atoms with Gasteiger partial charge in [-0.05, 0) is 30.3 Å². The van der Waals surface area contributed by atoms with Gasteiger partial charge in [0.15, 0.2) is 0 Å². The van der Waals surface area contributed by atoms with E-state index in [1.165, 1.54) is 36.5 Å². The van der Waals surface area contributed by atoms with Crippen molar-refractivity contribution in [1.29, 1.82) is 0 Å². The molecule has 7 nitrogen and oxygen atoms in total. The highest BCUT2D eigenvalue weighted by molar-refractivity contribution is 7.92. The minimum Gasteiger partial charge on any atom is -0.279 e. The Kier molecular flexibility index (Phi) is 4.19. The van der Waals surface area contributed by atoms with E-state index in [1.807, 2.05) is 0 Å². The lowest BCUT2D eigenvalue weighted by molar-refractivity contribution is 0.596. The summed E-state index contributed by atoms with van der Waals surface area (Å²) >= 11 is 5.73. The van der Waals surface area contributed by atoms with E-state index in [4.69, 9.17) is 16.7 Å². The van der Waals surface area contributed by atoms with Crippen molar-refractivity contribution in [2.24, 2.45) is 5.14 Å². The second-order valence-electron chi connectivity index (χ2n) is 3.97. The van der Waals surface area contributed by atoms with Gasteiger partial charge in [0.1, 0.15) is 10.0 Å². The van der Waals surface area contributed by atoms with Crippen molar-refractivity contribution in [1.82, 2.24) is 4.98 Å². The molecule has 21 heavy (non-hydrogen) atoms. The van der Waals surface area contributed by atoms with Crippen LogP contribution in [0.25, 0.3) is 0 Å². The first-order chi connectivity index (χ1) is 9.70. The summed E-state index contributed by atoms with van der Waals surface area (Å²) in [5, 5.41) is 4.80. The molecule has 2 aromatic rings. The van der Waals surface area contributed by atoms with Crippen LogP contribution in [0.4, 0.5) is 5.69 Å². The third-order valence-corrected chi connectivity index (χ3v) is 5.17. The number of aromatic nitrogens is 1. The van der Waals surface area contributed by atoms with E-state index < -0.39 is 20.0 Å². The summed E-state index contributed by atoms with van der Waals surface area (Å²) in [5.41, 5.74) is 0.0430. The summed E-state index contributed by atoms with van der Waals surface area (Å²) in [4.78, 5) is 3.25. The molecule has 0 saturated carbocycles. The number of nitrogens with zero attached hydrogens (tertiary/aromatic N) is 1. The van der Waals surface area contributed by atoms with Gasteiger partial charge in [0, 0.05) is 6.20 Å². The van der Waals surface area contributed by atoms with Gasteiger partial charge < -0.3 is 0 Å². The smallest absolute Gasteiger partial charge is 0.264 e. The van der Waals surface area contributed by atoms with Crippen LogP contribution in [0.5, 0.6) is 0 Å². The Balaban J connectivity index is 2.41. The molecule has 0 aliphatic heterocycles. The van der Waals surface area contributed by atoms with Crippen LogP contribution in [0.3, 0.4) is 0 Å². The van der Waals surface area contributed by atoms with Crippen molar-refractivity contribution >= 4 is 37.3 Å². The molecule has 0 fully saturated rings. The summed E-state index contributed by atoms with van der Waals surface area (Å²) in [6.07, 6.45) is 1.35. The van der Waals surface area contributed by atoms with Crippen molar-refractivity contribution in [3.05, 3.63) is 47.7 Å². The van der Waals surface area contributed by atoms with Gasteiger partial charge in [0.05, 0.1) is 10.6 Å². The first-order valence-corrected chi connectivity index (χ1v) is 8.87. The van der Waals surface area contributed by atoms with E-state index in [0.717, 1.165) is 6.07 Å². The van der Waals surface area contributed by atoms with Gasteiger partial charge in [0.2, 0.25) is 10.0 Å². The van der Waals surface area contributed by atoms with Gasteiger partial charge in [-0.2, -0.15) is 0 Å². The monoisotopic (exact) mass is 347 g/mol. The quantitative estimate of drug-likeness (QED) is 0.805. The van der Waals surface area contributed by atoms with E-state index in [1.54, 1.807) is 0 Å². The number of nitrogens with two attached hydrogens (primary N) is 1. The standard InChI is InChI=1S/C11H10ClN3O4S2/c12-11-10(5-2-6-14-11)21(18,19)15-8-3-1-4-9(7-8)20(13,16)17/h1-7,15H,(H2,13,16,17). The Morgan fingerprint density at radius 1 is 1.10 bits per heavy atom. The Hall–Kier alpha value is -1.68. The van der Waals surface area contributed by atoms with Crippen LogP contribution in [0.15, 0.2) is 52.4 Å². The van der Waals surface area contributed by atoms with Crippen LogP contribution < -0.4 is 9.86 Å². The van der Waals surface area contributed by atoms with Crippen LogP contribution in [0.2, 0.25) is 5.15 Å². The van der Waals surface area contributed by atoms with Crippen molar-refractivity contribution in [2.75, 3.05) is 4.72 Å². The normalized spacial score (nSPS) is 12.1. The number of pyridine rings is 1. The fourth-order valence-corrected chi connectivity index (χ4v) is 3.58. The second-order valence-corrected chi connectivity index (χ2v) is 7.54. The highest BCUT2D eigenvalue weighted by Crippen LogP contribution is 2.22. The Labute approximate surface area is 126 Å². The Morgan fingerprint density at radius 3 is 2.43 bits per heavy atom. The number of nitrogens with one attached hydrogen (secondary N) is 1. The number of rotatable bonds is 4. The number of primary sulfonamides is 1. The first-order valence-electron chi connectivity index (χ1n) is 5.46. The van der Waals surface area contributed by atoms with Gasteiger partial charge in [-0.1, -0.05) is 17.7 Å². The number of hydrogen-bond acceptors (Lipinski definition) is 5. The van der Waals surface area contributed by atoms with Gasteiger partial charge in [-0.15, -0.1) is 0 Å². The van der Waals surface area contributed by atoms with Crippen molar-refractivity contribution < 1.29 is 16.8 Å². The van der Waals surface area contributed by atoms with Gasteiger partial charge in [-0.3, -0.25) is 4.72 Å². The summed E-state index contributed by atoms with van der Waals surface area (Å²) in [7, 11) is -7.91. The van der Waals surface area contributed by atoms with E-state index in [9.17, 15) is 16.8 Å². The molecule has 0 aliphatic rings. The molecule has 112 valence electrons. The summed E-state index contributed by atoms with van der Waals surface area (Å²) < 4.78 is 49.0. The average molecular weight is 348 g/mol. The minimum atomic E-state index is -3.99. The zero-order chi connectivity index (χ0) is 15.7. The zero-order valence-electron chi connectivity index (χ0n) is 10.4. The Bertz CT molecular complexity index is 882. The molecule has 0 unspecified atom stereocenters. The zero-order valence-corrected chi connectivity index (χ0v) is 12.8. The summed E-state index contributed by atoms with van der Waals surface area (Å²) in [6, 6.07) is 7.81. The van der Waals surface area contributed by atoms with Crippen LogP contribution in [-0.4, -0.2) is 21.8 Å². The maximum Gasteiger partial charge on any atom is 0.264 e. The highest BCUT2D eigenvalue weighted by Gasteiger charge is 2.19. The van der Waals surface area contributed by atoms with E-state index in [-0.39, 0.29) is 20.6 Å². The largest absolute Gasteiger partial charge is 0.279 e. The van der Waals surface area contributed by atoms with Crippen molar-refractivity contribution in [3.63, 3.8) is 0 Å². The minimum absolute atomic E-state index is 0.0430. The molecule has 0 bridgehead atoms. The maximum atomic E-state index is 12.2. The highest BCUT2D eigenvalue weighted by atomic mass is 35.5. The van der Waals surface area contributed by atoms with E-state index >= 15 is 0 Å². The molecule has 0 saturated heterocycles. The molecule has 10 heteroatoms. The second kappa shape index (κ2) is 5.60. The number of halogens is 1. The van der Waals surface area contributed by atoms with E-state index in [2.05, 4.69) is 9.71 Å². The Morgan fingerprint density at radius 2 is 1.81 bits per heavy atom. The first kappa shape index (κ1) is 15.7. The van der Waals surface area contributed by atoms with Crippen molar-refractivity contribution in [2.45, 2.75) is 9.79 Å². The molecule has 0 spiro atoms. The third-order valence-electron chi connectivity index (χ3n) is 2.43. The molecule has 3 N–H and O–H groups in total. The van der Waals surface area contributed by atoms with Gasteiger partial charge >= 0.3 is 0 Å². The lowest BCUT2D eigenvalue weighted by Crippen LogP contribution is -2.15. The topological polar surface area (TPSA) is 119 Å². The predicted molar refractivity (Wildman–Crippen MR) is 77.9 cm³/mol. The lowest BCUT2D eigenvalue weighted by atomic mass is 10.3. The molecule has 0 amide bonds. The molecule has 1 heterocycles. The van der Waals surface area contributed by atoms with E-state index in [0.29, 0.717) is 0 Å². The van der Waals surface area contributed by atoms with Crippen molar-refractivity contribution in [3.8, 4) is 0 Å². The molecule has 2 rings (SSSR count). The lowest BCUT2D eigenvalue weighted by Gasteiger charge is -2.09. The molecule has 1 aromatic heterocycles. The molecule has 0 radical (unpaired) electrons. The molecule has 0 aliphatic carbocycles. The predicted octanol–water partition coefficient (Wildman–Crippen LogP) is 1.18. The number of hydrogen-bond donors (Lipinski definition) is 2.